The van der Waals surface area contributed by atoms with Crippen molar-refractivity contribution < 1.29 is 14.3 Å². The van der Waals surface area contributed by atoms with Crippen molar-refractivity contribution >= 4 is 5.97 Å². The number of aromatic nitrogens is 2. The molecule has 4 rings (SSSR count). The Labute approximate surface area is 210 Å². The highest BCUT2D eigenvalue weighted by atomic mass is 19.1. The lowest BCUT2D eigenvalue weighted by atomic mass is 9.98. The molecule has 0 amide bonds. The third-order valence-electron chi connectivity index (χ3n) is 6.45. The van der Waals surface area contributed by atoms with Crippen LogP contribution in [-0.4, -0.2) is 20.2 Å². The fourth-order valence-electron chi connectivity index (χ4n) is 4.41. The van der Waals surface area contributed by atoms with Crippen LogP contribution in [0.5, 0.6) is 0 Å². The summed E-state index contributed by atoms with van der Waals surface area (Å²) in [6.07, 6.45) is 1.84. The van der Waals surface area contributed by atoms with Crippen molar-refractivity contribution in [3.63, 3.8) is 0 Å². The minimum absolute atomic E-state index is 0.231. The normalized spacial score (nSPS) is 11.2. The van der Waals surface area contributed by atoms with Crippen LogP contribution in [0.3, 0.4) is 0 Å². The molecule has 0 aliphatic carbocycles. The third-order valence-corrected chi connectivity index (χ3v) is 6.45. The molecule has 0 atom stereocenters. The lowest BCUT2D eigenvalue weighted by Crippen LogP contribution is -2.26. The smallest absolute Gasteiger partial charge is 0.336 e. The van der Waals surface area contributed by atoms with E-state index in [1.807, 2.05) is 54.6 Å². The lowest BCUT2D eigenvalue weighted by molar-refractivity contribution is 0.0697. The van der Waals surface area contributed by atoms with Gasteiger partial charge in [-0.3, -0.25) is 9.13 Å². The summed E-state index contributed by atoms with van der Waals surface area (Å²) >= 11 is 0. The predicted molar refractivity (Wildman–Crippen MR) is 140 cm³/mol. The summed E-state index contributed by atoms with van der Waals surface area (Å²) in [5.74, 6) is -1.05. The van der Waals surface area contributed by atoms with E-state index in [0.717, 1.165) is 23.1 Å². The summed E-state index contributed by atoms with van der Waals surface area (Å²) in [5, 5.41) is 9.50. The SMILES string of the molecule is CC(C)CCc1c(F)n(CCc2ccccc2)c(=O)n1Cc1ccc(-c2ccccc2C(=O)O)cc1. The number of rotatable bonds is 10. The summed E-state index contributed by atoms with van der Waals surface area (Å²) in [4.78, 5) is 24.9. The van der Waals surface area contributed by atoms with E-state index in [-0.39, 0.29) is 24.3 Å². The van der Waals surface area contributed by atoms with Crippen LogP contribution in [0.25, 0.3) is 11.1 Å². The minimum Gasteiger partial charge on any atom is -0.478 e. The number of imidazole rings is 1. The number of carbonyl (C=O) groups is 1. The van der Waals surface area contributed by atoms with E-state index in [2.05, 4.69) is 13.8 Å². The molecule has 0 bridgehead atoms. The van der Waals surface area contributed by atoms with Gasteiger partial charge in [-0.1, -0.05) is 86.6 Å². The van der Waals surface area contributed by atoms with Gasteiger partial charge in [-0.15, -0.1) is 0 Å². The molecule has 186 valence electrons. The number of aromatic carboxylic acids is 1. The average Bonchev–Trinajstić information content (AvgIpc) is 3.10. The molecule has 6 heteroatoms. The Kier molecular flexibility index (Phi) is 7.84. The van der Waals surface area contributed by atoms with E-state index in [0.29, 0.717) is 30.0 Å². The summed E-state index contributed by atoms with van der Waals surface area (Å²) in [5.41, 5.74) is 3.62. The number of carboxylic acids is 1. The quantitative estimate of drug-likeness (QED) is 0.298. The summed E-state index contributed by atoms with van der Waals surface area (Å²) in [6.45, 7) is 4.70. The van der Waals surface area contributed by atoms with Gasteiger partial charge in [0.2, 0.25) is 5.95 Å². The molecule has 0 saturated heterocycles. The first kappa shape index (κ1) is 25.2. The number of benzene rings is 3. The first-order valence-electron chi connectivity index (χ1n) is 12.3. The van der Waals surface area contributed by atoms with Crippen molar-refractivity contribution in [2.45, 2.75) is 46.2 Å². The van der Waals surface area contributed by atoms with Gasteiger partial charge >= 0.3 is 11.7 Å². The van der Waals surface area contributed by atoms with Gasteiger partial charge < -0.3 is 5.11 Å². The highest BCUT2D eigenvalue weighted by molar-refractivity contribution is 5.95. The van der Waals surface area contributed by atoms with Gasteiger partial charge in [0.15, 0.2) is 0 Å². The van der Waals surface area contributed by atoms with Gasteiger partial charge in [0, 0.05) is 6.54 Å². The maximum absolute atomic E-state index is 15.5. The Hall–Kier alpha value is -3.93. The molecule has 4 aromatic rings. The Morgan fingerprint density at radius 3 is 2.19 bits per heavy atom. The Balaban J connectivity index is 1.62. The molecule has 0 aliphatic heterocycles. The molecular weight excluding hydrogens is 455 g/mol. The number of halogens is 1. The molecule has 36 heavy (non-hydrogen) atoms. The number of nitrogens with zero attached hydrogens (tertiary/aromatic N) is 2. The molecule has 0 unspecified atom stereocenters. The van der Waals surface area contributed by atoms with Gasteiger partial charge in [-0.05, 0) is 53.5 Å². The van der Waals surface area contributed by atoms with Crippen LogP contribution in [0, 0.1) is 11.9 Å². The molecule has 0 fully saturated rings. The highest BCUT2D eigenvalue weighted by Gasteiger charge is 2.20. The molecule has 0 radical (unpaired) electrons. The van der Waals surface area contributed by atoms with Gasteiger partial charge in [0.1, 0.15) is 0 Å². The van der Waals surface area contributed by atoms with Crippen LogP contribution >= 0.6 is 0 Å². The maximum atomic E-state index is 15.5. The maximum Gasteiger partial charge on any atom is 0.336 e. The van der Waals surface area contributed by atoms with Crippen molar-refractivity contribution in [3.8, 4) is 11.1 Å². The number of hydrogen-bond donors (Lipinski definition) is 1. The number of carboxylic acid groups (broad SMARTS) is 1. The molecule has 3 aromatic carbocycles. The van der Waals surface area contributed by atoms with E-state index in [4.69, 9.17) is 0 Å². The van der Waals surface area contributed by atoms with E-state index in [1.165, 1.54) is 4.57 Å². The van der Waals surface area contributed by atoms with Gasteiger partial charge in [0.05, 0.1) is 17.8 Å². The topological polar surface area (TPSA) is 64.2 Å². The first-order valence-corrected chi connectivity index (χ1v) is 12.3. The van der Waals surface area contributed by atoms with E-state index in [1.54, 1.807) is 28.8 Å². The van der Waals surface area contributed by atoms with Crippen LogP contribution in [0.4, 0.5) is 4.39 Å². The average molecular weight is 487 g/mol. The largest absolute Gasteiger partial charge is 0.478 e. The Morgan fingerprint density at radius 1 is 0.861 bits per heavy atom. The molecular formula is C30H31FN2O3. The zero-order chi connectivity index (χ0) is 25.7. The second-order valence-electron chi connectivity index (χ2n) is 9.47. The molecule has 0 saturated carbocycles. The van der Waals surface area contributed by atoms with Crippen LogP contribution in [0.2, 0.25) is 0 Å². The number of hydrogen-bond acceptors (Lipinski definition) is 2. The molecule has 1 N–H and O–H groups in total. The zero-order valence-corrected chi connectivity index (χ0v) is 20.7. The molecule has 0 spiro atoms. The Bertz CT molecular complexity index is 1390. The fourth-order valence-corrected chi connectivity index (χ4v) is 4.41. The molecule has 0 aliphatic rings. The minimum atomic E-state index is -0.983. The summed E-state index contributed by atoms with van der Waals surface area (Å²) in [7, 11) is 0. The zero-order valence-electron chi connectivity index (χ0n) is 20.7. The predicted octanol–water partition coefficient (Wildman–Crippen LogP) is 6.03. The van der Waals surface area contributed by atoms with Crippen molar-refractivity contribution in [1.82, 2.24) is 9.13 Å². The van der Waals surface area contributed by atoms with Crippen LogP contribution < -0.4 is 5.69 Å². The molecule has 5 nitrogen and oxygen atoms in total. The summed E-state index contributed by atoms with van der Waals surface area (Å²) < 4.78 is 18.3. The highest BCUT2D eigenvalue weighted by Crippen LogP contribution is 2.25. The van der Waals surface area contributed by atoms with Crippen LogP contribution in [-0.2, 0) is 25.9 Å². The van der Waals surface area contributed by atoms with Crippen molar-refractivity contribution in [2.75, 3.05) is 0 Å². The van der Waals surface area contributed by atoms with Crippen LogP contribution in [0.1, 0.15) is 47.4 Å². The number of aryl methyl sites for hydroxylation is 1. The van der Waals surface area contributed by atoms with Crippen molar-refractivity contribution in [2.24, 2.45) is 5.92 Å². The monoisotopic (exact) mass is 486 g/mol. The fraction of sp³-hybridized carbons (Fsp3) is 0.267. The second kappa shape index (κ2) is 11.2. The standard InChI is InChI=1S/C30H31FN2O3/c1-21(2)12-17-27-28(31)32(19-18-22-8-4-3-5-9-22)30(36)33(27)20-23-13-15-24(16-14-23)25-10-6-7-11-26(25)29(34)35/h3-11,13-16,21H,12,17-20H2,1-2H3,(H,34,35). The molecule has 1 heterocycles. The molecule has 1 aromatic heterocycles. The van der Waals surface area contributed by atoms with E-state index < -0.39 is 11.9 Å². The van der Waals surface area contributed by atoms with Gasteiger partial charge in [-0.25, -0.2) is 9.59 Å². The third kappa shape index (κ3) is 5.65. The van der Waals surface area contributed by atoms with E-state index >= 15 is 4.39 Å². The van der Waals surface area contributed by atoms with Crippen molar-refractivity contribution in [3.05, 3.63) is 118 Å². The Morgan fingerprint density at radius 2 is 1.53 bits per heavy atom. The van der Waals surface area contributed by atoms with Crippen LogP contribution in [0.15, 0.2) is 83.7 Å². The lowest BCUT2D eigenvalue weighted by Gasteiger charge is -2.10. The van der Waals surface area contributed by atoms with Crippen molar-refractivity contribution in [1.29, 1.82) is 0 Å². The van der Waals surface area contributed by atoms with Gasteiger partial charge in [-0.2, -0.15) is 4.39 Å². The van der Waals surface area contributed by atoms with Gasteiger partial charge in [0.25, 0.3) is 0 Å². The van der Waals surface area contributed by atoms with E-state index in [9.17, 15) is 14.7 Å². The first-order chi connectivity index (χ1) is 17.3. The summed E-state index contributed by atoms with van der Waals surface area (Å²) in [6, 6.07) is 24.0. The second-order valence-corrected chi connectivity index (χ2v) is 9.47.